The summed E-state index contributed by atoms with van der Waals surface area (Å²) < 4.78 is 11.9. The third-order valence-electron chi connectivity index (χ3n) is 5.03. The van der Waals surface area contributed by atoms with Crippen LogP contribution in [0.3, 0.4) is 0 Å². The molecule has 0 spiro atoms. The molecule has 4 rings (SSSR count). The average Bonchev–Trinajstić information content (AvgIpc) is 3.51. The summed E-state index contributed by atoms with van der Waals surface area (Å²) in [5.74, 6) is 1.05. The number of rotatable bonds is 7. The Kier molecular flexibility index (Phi) is 6.41. The SMILES string of the molecule is COc1ccc(-c2[nH]n(-c3ccc(OC)cc3)c(=O)c2/C(C)=N/NC(=O)c2cccs2)cc1. The van der Waals surface area contributed by atoms with Gasteiger partial charge in [0.05, 0.1) is 41.8 Å². The quantitative estimate of drug-likeness (QED) is 0.320. The van der Waals surface area contributed by atoms with Crippen molar-refractivity contribution in [2.24, 2.45) is 5.10 Å². The second-order valence-electron chi connectivity index (χ2n) is 7.04. The van der Waals surface area contributed by atoms with Crippen LogP contribution in [0.25, 0.3) is 16.9 Å². The number of hydrazone groups is 1. The smallest absolute Gasteiger partial charge is 0.281 e. The van der Waals surface area contributed by atoms with Crippen LogP contribution in [0, 0.1) is 0 Å². The van der Waals surface area contributed by atoms with Gasteiger partial charge in [0.25, 0.3) is 11.5 Å². The summed E-state index contributed by atoms with van der Waals surface area (Å²) in [6.45, 7) is 1.69. The molecule has 2 aromatic carbocycles. The van der Waals surface area contributed by atoms with Crippen molar-refractivity contribution >= 4 is 23.0 Å². The normalized spacial score (nSPS) is 11.3. The second kappa shape index (κ2) is 9.58. The number of benzene rings is 2. The van der Waals surface area contributed by atoms with Gasteiger partial charge in [-0.3, -0.25) is 14.7 Å². The summed E-state index contributed by atoms with van der Waals surface area (Å²) in [5.41, 5.74) is 4.95. The van der Waals surface area contributed by atoms with Crippen LogP contribution in [0.4, 0.5) is 0 Å². The zero-order valence-electron chi connectivity index (χ0n) is 18.3. The van der Waals surface area contributed by atoms with E-state index in [4.69, 9.17) is 9.47 Å². The van der Waals surface area contributed by atoms with Crippen molar-refractivity contribution < 1.29 is 14.3 Å². The van der Waals surface area contributed by atoms with Crippen LogP contribution in [0.1, 0.15) is 22.2 Å². The lowest BCUT2D eigenvalue weighted by Gasteiger charge is -2.05. The molecule has 0 radical (unpaired) electrons. The molecule has 2 aromatic heterocycles. The van der Waals surface area contributed by atoms with Crippen LogP contribution >= 0.6 is 11.3 Å². The van der Waals surface area contributed by atoms with Crippen molar-refractivity contribution in [1.82, 2.24) is 15.2 Å². The summed E-state index contributed by atoms with van der Waals surface area (Å²) in [7, 11) is 3.18. The number of nitrogens with one attached hydrogen (secondary N) is 2. The summed E-state index contributed by atoms with van der Waals surface area (Å²) >= 11 is 1.31. The fourth-order valence-electron chi connectivity index (χ4n) is 3.31. The molecular weight excluding hydrogens is 440 g/mol. The second-order valence-corrected chi connectivity index (χ2v) is 7.99. The number of H-pyrrole nitrogens is 1. The van der Waals surface area contributed by atoms with E-state index in [1.54, 1.807) is 57.5 Å². The van der Waals surface area contributed by atoms with Crippen LogP contribution in [-0.2, 0) is 0 Å². The Hall–Kier alpha value is -4.11. The van der Waals surface area contributed by atoms with Crippen LogP contribution in [0.2, 0.25) is 0 Å². The molecule has 0 aliphatic carbocycles. The van der Waals surface area contributed by atoms with Gasteiger partial charge in [-0.1, -0.05) is 6.07 Å². The van der Waals surface area contributed by atoms with Gasteiger partial charge in [0, 0.05) is 5.56 Å². The molecule has 2 heterocycles. The Bertz CT molecular complexity index is 1330. The molecule has 0 aliphatic heterocycles. The van der Waals surface area contributed by atoms with E-state index in [1.807, 2.05) is 29.6 Å². The number of hydrogen-bond acceptors (Lipinski definition) is 6. The van der Waals surface area contributed by atoms with Gasteiger partial charge < -0.3 is 9.47 Å². The molecule has 0 aliphatic rings. The number of hydrogen-bond donors (Lipinski definition) is 2. The lowest BCUT2D eigenvalue weighted by molar-refractivity contribution is 0.0959. The van der Waals surface area contributed by atoms with Gasteiger partial charge >= 0.3 is 0 Å². The Morgan fingerprint density at radius 3 is 2.21 bits per heavy atom. The standard InChI is InChI=1S/C24H22N4O4S/c1-15(25-26-23(29)20-5-4-14-33-20)21-22(16-6-10-18(31-2)11-7-16)27-28(24(21)30)17-8-12-19(32-3)13-9-17/h4-14,27H,1-3H3,(H,26,29)/b25-15+. The van der Waals surface area contributed by atoms with Gasteiger partial charge in [-0.2, -0.15) is 5.10 Å². The van der Waals surface area contributed by atoms with E-state index >= 15 is 0 Å². The predicted molar refractivity (Wildman–Crippen MR) is 129 cm³/mol. The predicted octanol–water partition coefficient (Wildman–Crippen LogP) is 4.07. The lowest BCUT2D eigenvalue weighted by Crippen LogP contribution is -2.23. The number of methoxy groups -OCH3 is 2. The number of thiophene rings is 1. The van der Waals surface area contributed by atoms with E-state index in [2.05, 4.69) is 15.6 Å². The van der Waals surface area contributed by atoms with E-state index in [0.717, 1.165) is 5.56 Å². The van der Waals surface area contributed by atoms with Gasteiger partial charge in [0.15, 0.2) is 0 Å². The fourth-order valence-corrected chi connectivity index (χ4v) is 3.92. The maximum Gasteiger partial charge on any atom is 0.281 e. The van der Waals surface area contributed by atoms with Crippen molar-refractivity contribution in [1.29, 1.82) is 0 Å². The van der Waals surface area contributed by atoms with Gasteiger partial charge in [-0.05, 0) is 66.9 Å². The molecule has 0 saturated carbocycles. The number of ether oxygens (including phenoxy) is 2. The molecule has 0 bridgehead atoms. The molecule has 168 valence electrons. The van der Waals surface area contributed by atoms with Crippen molar-refractivity contribution in [3.63, 3.8) is 0 Å². The highest BCUT2D eigenvalue weighted by Gasteiger charge is 2.20. The van der Waals surface area contributed by atoms with Crippen LogP contribution in [0.15, 0.2) is 75.9 Å². The number of carbonyl (C=O) groups excluding carboxylic acids is 1. The molecule has 0 fully saturated rings. The highest BCUT2D eigenvalue weighted by molar-refractivity contribution is 7.12. The van der Waals surface area contributed by atoms with Crippen molar-refractivity contribution in [2.45, 2.75) is 6.92 Å². The minimum Gasteiger partial charge on any atom is -0.497 e. The number of amides is 1. The monoisotopic (exact) mass is 462 g/mol. The van der Waals surface area contributed by atoms with Crippen molar-refractivity contribution in [2.75, 3.05) is 14.2 Å². The first-order valence-electron chi connectivity index (χ1n) is 10.0. The zero-order chi connectivity index (χ0) is 23.4. The minimum atomic E-state index is -0.332. The van der Waals surface area contributed by atoms with E-state index in [0.29, 0.717) is 39.0 Å². The van der Waals surface area contributed by atoms with Crippen molar-refractivity contribution in [3.05, 3.63) is 86.8 Å². The molecule has 9 heteroatoms. The van der Waals surface area contributed by atoms with E-state index in [9.17, 15) is 9.59 Å². The fraction of sp³-hybridized carbons (Fsp3) is 0.125. The zero-order valence-corrected chi connectivity index (χ0v) is 19.1. The number of carbonyl (C=O) groups is 1. The molecule has 0 saturated heterocycles. The molecule has 2 N–H and O–H groups in total. The minimum absolute atomic E-state index is 0.294. The Labute approximate surface area is 194 Å². The average molecular weight is 463 g/mol. The molecule has 0 atom stereocenters. The topological polar surface area (TPSA) is 97.7 Å². The Morgan fingerprint density at radius 2 is 1.64 bits per heavy atom. The highest BCUT2D eigenvalue weighted by Crippen LogP contribution is 2.24. The summed E-state index contributed by atoms with van der Waals surface area (Å²) in [4.78, 5) is 26.3. The maximum absolute atomic E-state index is 13.4. The molecular formula is C24H22N4O4S. The van der Waals surface area contributed by atoms with Crippen molar-refractivity contribution in [3.8, 4) is 28.4 Å². The lowest BCUT2D eigenvalue weighted by atomic mass is 10.1. The van der Waals surface area contributed by atoms with E-state index < -0.39 is 0 Å². The van der Waals surface area contributed by atoms with Gasteiger partial charge in [-0.15, -0.1) is 11.3 Å². The van der Waals surface area contributed by atoms with Gasteiger partial charge in [0.1, 0.15) is 11.5 Å². The van der Waals surface area contributed by atoms with Gasteiger partial charge in [0.2, 0.25) is 0 Å². The molecule has 0 unspecified atom stereocenters. The summed E-state index contributed by atoms with van der Waals surface area (Å²) in [6.07, 6.45) is 0. The maximum atomic E-state index is 13.4. The number of aromatic amines is 1. The number of nitrogens with zero attached hydrogens (tertiary/aromatic N) is 2. The Morgan fingerprint density at radius 1 is 1.00 bits per heavy atom. The van der Waals surface area contributed by atoms with Crippen LogP contribution < -0.4 is 20.5 Å². The first-order valence-corrected chi connectivity index (χ1v) is 10.9. The van der Waals surface area contributed by atoms with E-state index in [1.165, 1.54) is 16.0 Å². The highest BCUT2D eigenvalue weighted by atomic mass is 32.1. The third-order valence-corrected chi connectivity index (χ3v) is 5.90. The molecule has 1 amide bonds. The summed E-state index contributed by atoms with van der Waals surface area (Å²) in [5, 5.41) is 9.21. The largest absolute Gasteiger partial charge is 0.497 e. The molecule has 8 nitrogen and oxygen atoms in total. The van der Waals surface area contributed by atoms with Crippen LogP contribution in [-0.4, -0.2) is 35.6 Å². The third kappa shape index (κ3) is 4.58. The van der Waals surface area contributed by atoms with Gasteiger partial charge in [-0.25, -0.2) is 10.1 Å². The number of aromatic nitrogens is 2. The Balaban J connectivity index is 1.78. The molecule has 4 aromatic rings. The molecule has 33 heavy (non-hydrogen) atoms. The first-order chi connectivity index (χ1) is 16.0. The summed E-state index contributed by atoms with van der Waals surface area (Å²) in [6, 6.07) is 17.9. The van der Waals surface area contributed by atoms with E-state index in [-0.39, 0.29) is 11.5 Å². The van der Waals surface area contributed by atoms with Crippen LogP contribution in [0.5, 0.6) is 11.5 Å². The first kappa shape index (κ1) is 22.1.